The van der Waals surface area contributed by atoms with Crippen molar-refractivity contribution in [2.75, 3.05) is 37.7 Å². The van der Waals surface area contributed by atoms with E-state index in [9.17, 15) is 5.11 Å². The molecule has 1 aliphatic heterocycles. The molecule has 3 N–H and O–H groups in total. The van der Waals surface area contributed by atoms with Gasteiger partial charge in [0.05, 0.1) is 6.54 Å². The van der Waals surface area contributed by atoms with E-state index >= 15 is 0 Å². The number of ether oxygens (including phenoxy) is 1. The summed E-state index contributed by atoms with van der Waals surface area (Å²) in [6.45, 7) is 2.33. The van der Waals surface area contributed by atoms with Crippen LogP contribution >= 0.6 is 58.3 Å². The van der Waals surface area contributed by atoms with Crippen molar-refractivity contribution in [1.29, 1.82) is 0 Å². The summed E-state index contributed by atoms with van der Waals surface area (Å²) in [7, 11) is 0. The number of hydrogen-bond donors (Lipinski definition) is 2. The first-order valence-corrected chi connectivity index (χ1v) is 9.07. The monoisotopic (exact) mass is 549 g/mol. The smallest absolute Gasteiger partial charge is 0.191 e. The third-order valence-electron chi connectivity index (χ3n) is 3.06. The Morgan fingerprint density at radius 1 is 1.36 bits per heavy atom. The van der Waals surface area contributed by atoms with Gasteiger partial charge in [-0.05, 0) is 46.9 Å². The second-order valence-corrected chi connectivity index (χ2v) is 7.19. The Kier molecular flexibility index (Phi) is 9.84. The van der Waals surface area contributed by atoms with Gasteiger partial charge in [0, 0.05) is 28.2 Å². The van der Waals surface area contributed by atoms with E-state index in [0.29, 0.717) is 5.96 Å². The molecule has 5 nitrogen and oxygen atoms in total. The number of aliphatic imine (C=N–C) groups is 1. The van der Waals surface area contributed by atoms with Gasteiger partial charge in [-0.15, -0.1) is 24.0 Å². The zero-order valence-corrected chi connectivity index (χ0v) is 17.5. The maximum absolute atomic E-state index is 9.90. The number of rotatable bonds is 5. The van der Waals surface area contributed by atoms with E-state index in [1.807, 2.05) is 36.0 Å². The fourth-order valence-corrected chi connectivity index (χ4v) is 3.13. The molecule has 1 unspecified atom stereocenters. The standard InChI is InChI=1S/C14H20IN3O2S.HI/c15-11-1-3-13(4-2-11)20-10-12(19)9-17-14(16)18-5-7-21-8-6-18;/h1-4,12,19H,5-10H2,(H2,16,17);1H. The van der Waals surface area contributed by atoms with E-state index in [-0.39, 0.29) is 37.1 Å². The van der Waals surface area contributed by atoms with Crippen molar-refractivity contribution in [2.24, 2.45) is 10.7 Å². The minimum Gasteiger partial charge on any atom is -0.491 e. The van der Waals surface area contributed by atoms with Gasteiger partial charge in [0.15, 0.2) is 5.96 Å². The fraction of sp³-hybridized carbons (Fsp3) is 0.500. The molecule has 0 bridgehead atoms. The normalized spacial score (nSPS) is 16.8. The maximum Gasteiger partial charge on any atom is 0.191 e. The van der Waals surface area contributed by atoms with Crippen molar-refractivity contribution in [2.45, 2.75) is 6.10 Å². The first-order chi connectivity index (χ1) is 10.1. The topological polar surface area (TPSA) is 71.1 Å². The second-order valence-electron chi connectivity index (χ2n) is 4.72. The molecule has 1 fully saturated rings. The largest absolute Gasteiger partial charge is 0.491 e. The van der Waals surface area contributed by atoms with Crippen molar-refractivity contribution in [3.05, 3.63) is 27.8 Å². The van der Waals surface area contributed by atoms with Crippen molar-refractivity contribution < 1.29 is 9.84 Å². The third-order valence-corrected chi connectivity index (χ3v) is 4.72. The minimum absolute atomic E-state index is 0. The number of benzene rings is 1. The predicted molar refractivity (Wildman–Crippen MR) is 111 cm³/mol. The molecule has 0 spiro atoms. The highest BCUT2D eigenvalue weighted by molar-refractivity contribution is 14.1. The molecule has 0 aliphatic carbocycles. The molecular weight excluding hydrogens is 528 g/mol. The zero-order valence-electron chi connectivity index (χ0n) is 12.2. The van der Waals surface area contributed by atoms with Gasteiger partial charge in [-0.25, -0.2) is 0 Å². The van der Waals surface area contributed by atoms with Crippen LogP contribution in [0.3, 0.4) is 0 Å². The van der Waals surface area contributed by atoms with Crippen molar-refractivity contribution >= 4 is 64.3 Å². The highest BCUT2D eigenvalue weighted by Gasteiger charge is 2.13. The molecule has 1 saturated heterocycles. The summed E-state index contributed by atoms with van der Waals surface area (Å²) >= 11 is 4.16. The summed E-state index contributed by atoms with van der Waals surface area (Å²) in [4.78, 5) is 6.31. The van der Waals surface area contributed by atoms with Gasteiger partial charge >= 0.3 is 0 Å². The van der Waals surface area contributed by atoms with Crippen LogP contribution in [0.1, 0.15) is 0 Å². The van der Waals surface area contributed by atoms with Crippen LogP contribution in [0.25, 0.3) is 0 Å². The number of nitrogens with two attached hydrogens (primary N) is 1. The van der Waals surface area contributed by atoms with Gasteiger partial charge < -0.3 is 20.5 Å². The first-order valence-electron chi connectivity index (χ1n) is 6.84. The van der Waals surface area contributed by atoms with Crippen LogP contribution in [0.4, 0.5) is 0 Å². The van der Waals surface area contributed by atoms with E-state index in [0.717, 1.165) is 33.9 Å². The Morgan fingerprint density at radius 2 is 2.00 bits per heavy atom. The van der Waals surface area contributed by atoms with E-state index < -0.39 is 6.10 Å². The lowest BCUT2D eigenvalue weighted by Gasteiger charge is -2.27. The lowest BCUT2D eigenvalue weighted by molar-refractivity contribution is 0.114. The number of guanidine groups is 1. The van der Waals surface area contributed by atoms with Crippen LogP contribution in [0.5, 0.6) is 5.75 Å². The molecule has 0 radical (unpaired) electrons. The Bertz CT molecular complexity index is 468. The summed E-state index contributed by atoms with van der Waals surface area (Å²) in [5.74, 6) is 3.42. The van der Waals surface area contributed by atoms with E-state index in [1.165, 1.54) is 0 Å². The van der Waals surface area contributed by atoms with Crippen LogP contribution < -0.4 is 10.5 Å². The van der Waals surface area contributed by atoms with Crippen molar-refractivity contribution in [3.8, 4) is 5.75 Å². The number of halogens is 2. The molecule has 124 valence electrons. The van der Waals surface area contributed by atoms with Crippen molar-refractivity contribution in [1.82, 2.24) is 4.90 Å². The predicted octanol–water partition coefficient (Wildman–Crippen LogP) is 2.01. The summed E-state index contributed by atoms with van der Waals surface area (Å²) in [6, 6.07) is 7.70. The van der Waals surface area contributed by atoms with E-state index in [2.05, 4.69) is 32.5 Å². The molecule has 0 amide bonds. The SMILES string of the molecule is I.NC(=NCC(O)COc1ccc(I)cc1)N1CCSCC1. The van der Waals surface area contributed by atoms with Crippen LogP contribution in [0.2, 0.25) is 0 Å². The Labute approximate surface area is 166 Å². The molecule has 1 aliphatic rings. The van der Waals surface area contributed by atoms with Gasteiger partial charge in [0.25, 0.3) is 0 Å². The van der Waals surface area contributed by atoms with Gasteiger partial charge in [0.2, 0.25) is 0 Å². The summed E-state index contributed by atoms with van der Waals surface area (Å²) < 4.78 is 6.67. The van der Waals surface area contributed by atoms with Gasteiger partial charge in [-0.3, -0.25) is 4.99 Å². The van der Waals surface area contributed by atoms with E-state index in [1.54, 1.807) is 0 Å². The Morgan fingerprint density at radius 3 is 2.64 bits per heavy atom. The molecule has 0 aromatic heterocycles. The third kappa shape index (κ3) is 7.09. The fourth-order valence-electron chi connectivity index (χ4n) is 1.87. The number of aliphatic hydroxyl groups is 1. The van der Waals surface area contributed by atoms with Crippen LogP contribution in [0, 0.1) is 3.57 Å². The lowest BCUT2D eigenvalue weighted by atomic mass is 10.3. The molecule has 22 heavy (non-hydrogen) atoms. The Balaban J connectivity index is 0.00000242. The van der Waals surface area contributed by atoms with Gasteiger partial charge in [-0.2, -0.15) is 11.8 Å². The quantitative estimate of drug-likeness (QED) is 0.335. The number of thioether (sulfide) groups is 1. The molecule has 8 heteroatoms. The molecule has 0 saturated carbocycles. The molecule has 2 rings (SSSR count). The lowest BCUT2D eigenvalue weighted by Crippen LogP contribution is -2.43. The average molecular weight is 549 g/mol. The summed E-state index contributed by atoms with van der Waals surface area (Å²) in [6.07, 6.45) is -0.651. The molecular formula is C14H21I2N3O2S. The summed E-state index contributed by atoms with van der Waals surface area (Å²) in [5, 5.41) is 9.90. The summed E-state index contributed by atoms with van der Waals surface area (Å²) in [5.41, 5.74) is 5.93. The van der Waals surface area contributed by atoms with Crippen LogP contribution in [-0.2, 0) is 0 Å². The number of hydrogen-bond acceptors (Lipinski definition) is 4. The molecule has 1 aromatic carbocycles. The Hall–Kier alpha value is 0.0600. The molecule has 1 atom stereocenters. The van der Waals surface area contributed by atoms with Crippen LogP contribution in [-0.4, -0.2) is 59.8 Å². The number of aliphatic hydroxyl groups excluding tert-OH is 1. The van der Waals surface area contributed by atoms with Gasteiger partial charge in [0.1, 0.15) is 18.5 Å². The zero-order chi connectivity index (χ0) is 15.1. The second kappa shape index (κ2) is 10.8. The van der Waals surface area contributed by atoms with Crippen molar-refractivity contribution in [3.63, 3.8) is 0 Å². The highest BCUT2D eigenvalue weighted by atomic mass is 127. The van der Waals surface area contributed by atoms with Crippen LogP contribution in [0.15, 0.2) is 29.3 Å². The number of nitrogens with zero attached hydrogens (tertiary/aromatic N) is 2. The molecule has 1 heterocycles. The highest BCUT2D eigenvalue weighted by Crippen LogP contribution is 2.13. The van der Waals surface area contributed by atoms with Gasteiger partial charge in [-0.1, -0.05) is 0 Å². The maximum atomic E-state index is 9.90. The average Bonchev–Trinajstić information content (AvgIpc) is 2.53. The van der Waals surface area contributed by atoms with E-state index in [4.69, 9.17) is 10.5 Å². The first kappa shape index (κ1) is 20.1. The molecule has 1 aromatic rings. The minimum atomic E-state index is -0.651.